The van der Waals surface area contributed by atoms with Crippen molar-refractivity contribution < 1.29 is 14.3 Å². The van der Waals surface area contributed by atoms with Gasteiger partial charge in [0.05, 0.1) is 7.11 Å². The van der Waals surface area contributed by atoms with E-state index >= 15 is 0 Å². The molecule has 2 atom stereocenters. The fourth-order valence-corrected chi connectivity index (χ4v) is 3.81. The second-order valence-electron chi connectivity index (χ2n) is 4.02. The Morgan fingerprint density at radius 3 is 3.00 bits per heavy atom. The first-order chi connectivity index (χ1) is 8.24. The standard InChI is InChI=1S/C12H11NO3S/c1-16-12(15)9-6-17-11-8-5-3-2-4-7(8)10(14)13(9)11/h2-5,9,11H,6H2,1H3/t9-,11-/m0/s1. The van der Waals surface area contributed by atoms with Crippen molar-refractivity contribution in [2.75, 3.05) is 12.9 Å². The number of methoxy groups -OCH3 is 1. The summed E-state index contributed by atoms with van der Waals surface area (Å²) in [6.45, 7) is 0. The molecule has 5 heteroatoms. The first-order valence-corrected chi connectivity index (χ1v) is 6.40. The quantitative estimate of drug-likeness (QED) is 0.706. The molecule has 2 aliphatic heterocycles. The van der Waals surface area contributed by atoms with E-state index in [9.17, 15) is 9.59 Å². The molecule has 17 heavy (non-hydrogen) atoms. The van der Waals surface area contributed by atoms with E-state index in [0.717, 1.165) is 5.56 Å². The predicted molar refractivity (Wildman–Crippen MR) is 63.6 cm³/mol. The van der Waals surface area contributed by atoms with Gasteiger partial charge in [0.2, 0.25) is 0 Å². The number of nitrogens with zero attached hydrogens (tertiary/aromatic N) is 1. The van der Waals surface area contributed by atoms with Crippen LogP contribution in [0.3, 0.4) is 0 Å². The van der Waals surface area contributed by atoms with Gasteiger partial charge in [-0.1, -0.05) is 18.2 Å². The molecule has 0 N–H and O–H groups in total. The molecule has 1 aromatic carbocycles. The molecule has 2 heterocycles. The van der Waals surface area contributed by atoms with E-state index in [2.05, 4.69) is 0 Å². The number of amides is 1. The third-order valence-corrected chi connectivity index (χ3v) is 4.47. The van der Waals surface area contributed by atoms with Crippen molar-refractivity contribution in [3.63, 3.8) is 0 Å². The highest BCUT2D eigenvalue weighted by Crippen LogP contribution is 2.48. The van der Waals surface area contributed by atoms with E-state index in [1.54, 1.807) is 16.7 Å². The molecule has 88 valence electrons. The molecule has 0 bridgehead atoms. The van der Waals surface area contributed by atoms with Crippen LogP contribution in [0.1, 0.15) is 21.3 Å². The highest BCUT2D eigenvalue weighted by atomic mass is 32.2. The van der Waals surface area contributed by atoms with Crippen molar-refractivity contribution in [3.05, 3.63) is 35.4 Å². The normalized spacial score (nSPS) is 25.7. The van der Waals surface area contributed by atoms with Gasteiger partial charge in [-0.3, -0.25) is 4.79 Å². The monoisotopic (exact) mass is 249 g/mol. The molecular weight excluding hydrogens is 238 g/mol. The zero-order chi connectivity index (χ0) is 12.0. The minimum Gasteiger partial charge on any atom is -0.467 e. The number of ether oxygens (including phenoxy) is 1. The summed E-state index contributed by atoms with van der Waals surface area (Å²) in [5.74, 6) is 0.212. The first-order valence-electron chi connectivity index (χ1n) is 5.35. The highest BCUT2D eigenvalue weighted by molar-refractivity contribution is 7.99. The third kappa shape index (κ3) is 1.38. The number of fused-ring (bicyclic) bond motifs is 3. The fraction of sp³-hybridized carbons (Fsp3) is 0.333. The maximum absolute atomic E-state index is 12.2. The van der Waals surface area contributed by atoms with Gasteiger partial charge in [-0.15, -0.1) is 11.8 Å². The zero-order valence-electron chi connectivity index (χ0n) is 9.25. The van der Waals surface area contributed by atoms with Crippen LogP contribution in [0.25, 0.3) is 0 Å². The molecule has 0 aromatic heterocycles. The zero-order valence-corrected chi connectivity index (χ0v) is 10.1. The van der Waals surface area contributed by atoms with E-state index in [-0.39, 0.29) is 17.3 Å². The summed E-state index contributed by atoms with van der Waals surface area (Å²) in [5.41, 5.74) is 1.72. The van der Waals surface area contributed by atoms with Gasteiger partial charge in [0.25, 0.3) is 5.91 Å². The molecule has 0 aliphatic carbocycles. The van der Waals surface area contributed by atoms with Gasteiger partial charge >= 0.3 is 5.97 Å². The van der Waals surface area contributed by atoms with E-state index in [1.807, 2.05) is 24.3 Å². The smallest absolute Gasteiger partial charge is 0.329 e. The molecular formula is C12H11NO3S. The van der Waals surface area contributed by atoms with Crippen molar-refractivity contribution in [2.24, 2.45) is 0 Å². The van der Waals surface area contributed by atoms with Crippen LogP contribution in [0.2, 0.25) is 0 Å². The lowest BCUT2D eigenvalue weighted by atomic mass is 10.1. The predicted octanol–water partition coefficient (Wildman–Crippen LogP) is 1.43. The Hall–Kier alpha value is -1.49. The van der Waals surface area contributed by atoms with Gasteiger partial charge in [0, 0.05) is 11.3 Å². The van der Waals surface area contributed by atoms with Gasteiger partial charge in [0.1, 0.15) is 11.4 Å². The Bertz CT molecular complexity index is 502. The Morgan fingerprint density at radius 1 is 1.47 bits per heavy atom. The SMILES string of the molecule is COC(=O)[C@@H]1CS[C@H]2c3ccccc3C(=O)N12. The fourth-order valence-electron chi connectivity index (χ4n) is 2.36. The highest BCUT2D eigenvalue weighted by Gasteiger charge is 2.48. The van der Waals surface area contributed by atoms with Gasteiger partial charge in [-0.25, -0.2) is 4.79 Å². The molecule has 1 saturated heterocycles. The van der Waals surface area contributed by atoms with Gasteiger partial charge in [0.15, 0.2) is 0 Å². The molecule has 0 spiro atoms. The molecule has 1 amide bonds. The number of thioether (sulfide) groups is 1. The van der Waals surface area contributed by atoms with Crippen LogP contribution in [0.15, 0.2) is 24.3 Å². The maximum Gasteiger partial charge on any atom is 0.329 e. The summed E-state index contributed by atoms with van der Waals surface area (Å²) < 4.78 is 4.74. The summed E-state index contributed by atoms with van der Waals surface area (Å²) in [6.07, 6.45) is 0. The third-order valence-electron chi connectivity index (χ3n) is 3.17. The second kappa shape index (κ2) is 3.77. The number of carbonyl (C=O) groups excluding carboxylic acids is 2. The van der Waals surface area contributed by atoms with Crippen LogP contribution in [0.5, 0.6) is 0 Å². The van der Waals surface area contributed by atoms with Gasteiger partial charge in [-0.2, -0.15) is 0 Å². The van der Waals surface area contributed by atoms with Crippen LogP contribution in [-0.4, -0.2) is 35.7 Å². The van der Waals surface area contributed by atoms with E-state index in [1.165, 1.54) is 7.11 Å². The summed E-state index contributed by atoms with van der Waals surface area (Å²) in [6, 6.07) is 7.07. The van der Waals surface area contributed by atoms with Crippen molar-refractivity contribution >= 4 is 23.6 Å². The molecule has 2 aliphatic rings. The van der Waals surface area contributed by atoms with E-state index in [4.69, 9.17) is 4.74 Å². The summed E-state index contributed by atoms with van der Waals surface area (Å²) in [5, 5.41) is -0.0252. The summed E-state index contributed by atoms with van der Waals surface area (Å²) in [4.78, 5) is 25.5. The number of carbonyl (C=O) groups is 2. The lowest BCUT2D eigenvalue weighted by Crippen LogP contribution is -2.40. The first kappa shape index (κ1) is 10.7. The number of esters is 1. The van der Waals surface area contributed by atoms with Crippen LogP contribution in [-0.2, 0) is 9.53 Å². The lowest BCUT2D eigenvalue weighted by Gasteiger charge is -2.20. The Kier molecular flexibility index (Phi) is 2.36. The molecule has 0 saturated carbocycles. The second-order valence-corrected chi connectivity index (χ2v) is 5.14. The molecule has 1 fully saturated rings. The summed E-state index contributed by atoms with van der Waals surface area (Å²) >= 11 is 1.62. The molecule has 3 rings (SSSR count). The number of hydrogen-bond donors (Lipinski definition) is 0. The van der Waals surface area contributed by atoms with Crippen LogP contribution >= 0.6 is 11.8 Å². The maximum atomic E-state index is 12.2. The van der Waals surface area contributed by atoms with Crippen LogP contribution < -0.4 is 0 Å². The largest absolute Gasteiger partial charge is 0.467 e. The average molecular weight is 249 g/mol. The number of hydrogen-bond acceptors (Lipinski definition) is 4. The Morgan fingerprint density at radius 2 is 2.24 bits per heavy atom. The van der Waals surface area contributed by atoms with E-state index in [0.29, 0.717) is 11.3 Å². The number of benzene rings is 1. The minimum absolute atomic E-state index is 0.0252. The summed E-state index contributed by atoms with van der Waals surface area (Å²) in [7, 11) is 1.36. The number of rotatable bonds is 1. The van der Waals surface area contributed by atoms with Gasteiger partial charge in [-0.05, 0) is 11.6 Å². The molecule has 0 radical (unpaired) electrons. The Labute approximate surface area is 103 Å². The van der Waals surface area contributed by atoms with Crippen molar-refractivity contribution in [1.82, 2.24) is 4.90 Å². The molecule has 0 unspecified atom stereocenters. The van der Waals surface area contributed by atoms with E-state index < -0.39 is 6.04 Å². The Balaban J connectivity index is 2.01. The van der Waals surface area contributed by atoms with Crippen molar-refractivity contribution in [2.45, 2.75) is 11.4 Å². The molecule has 1 aromatic rings. The minimum atomic E-state index is -0.449. The van der Waals surface area contributed by atoms with Crippen molar-refractivity contribution in [1.29, 1.82) is 0 Å². The van der Waals surface area contributed by atoms with Gasteiger partial charge < -0.3 is 9.64 Å². The molecule has 4 nitrogen and oxygen atoms in total. The van der Waals surface area contributed by atoms with Crippen LogP contribution in [0, 0.1) is 0 Å². The topological polar surface area (TPSA) is 46.6 Å². The van der Waals surface area contributed by atoms with Crippen LogP contribution in [0.4, 0.5) is 0 Å². The average Bonchev–Trinajstić information content (AvgIpc) is 2.91. The van der Waals surface area contributed by atoms with Crippen molar-refractivity contribution in [3.8, 4) is 0 Å². The lowest BCUT2D eigenvalue weighted by molar-refractivity contribution is -0.144.